The van der Waals surface area contributed by atoms with E-state index < -0.39 is 23.8 Å². The van der Waals surface area contributed by atoms with Gasteiger partial charge in [-0.15, -0.1) is 0 Å². The summed E-state index contributed by atoms with van der Waals surface area (Å²) in [6.07, 6.45) is 0.285. The first kappa shape index (κ1) is 21.2. The van der Waals surface area contributed by atoms with E-state index in [1.165, 1.54) is 18.2 Å². The summed E-state index contributed by atoms with van der Waals surface area (Å²) in [5, 5.41) is 5.43. The van der Waals surface area contributed by atoms with Gasteiger partial charge in [-0.2, -0.15) is 0 Å². The average molecular weight is 404 g/mol. The third-order valence-corrected chi connectivity index (χ3v) is 4.20. The van der Waals surface area contributed by atoms with Gasteiger partial charge in [-0.05, 0) is 30.7 Å². The van der Waals surface area contributed by atoms with E-state index in [0.717, 1.165) is 5.56 Å². The molecule has 2 amide bonds. The van der Waals surface area contributed by atoms with Crippen LogP contribution in [0.4, 0.5) is 5.69 Å². The van der Waals surface area contributed by atoms with Crippen LogP contribution in [0, 0.1) is 0 Å². The van der Waals surface area contributed by atoms with Gasteiger partial charge in [-0.1, -0.05) is 41.9 Å². The summed E-state index contributed by atoms with van der Waals surface area (Å²) in [5.41, 5.74) is 7.10. The topological polar surface area (TPSA) is 111 Å². The van der Waals surface area contributed by atoms with Crippen molar-refractivity contribution in [1.82, 2.24) is 10.6 Å². The molecule has 0 bridgehead atoms. The SMILES string of the molecule is CCOC(=O)C(Cc1ccccc1)NC(=O)CNC(=O)c1ccc(Cl)c(N)c1. The number of esters is 1. The van der Waals surface area contributed by atoms with E-state index in [1.54, 1.807) is 6.92 Å². The zero-order chi connectivity index (χ0) is 20.5. The van der Waals surface area contributed by atoms with Gasteiger partial charge in [0.15, 0.2) is 0 Å². The maximum absolute atomic E-state index is 12.2. The number of nitrogen functional groups attached to an aromatic ring is 1. The molecule has 0 spiro atoms. The van der Waals surface area contributed by atoms with Crippen LogP contribution >= 0.6 is 11.6 Å². The van der Waals surface area contributed by atoms with Crippen LogP contribution in [0.1, 0.15) is 22.8 Å². The highest BCUT2D eigenvalue weighted by molar-refractivity contribution is 6.33. The largest absolute Gasteiger partial charge is 0.464 e. The van der Waals surface area contributed by atoms with Crippen LogP contribution < -0.4 is 16.4 Å². The molecule has 0 aliphatic carbocycles. The molecular formula is C20H22ClN3O4. The van der Waals surface area contributed by atoms with Crippen molar-refractivity contribution >= 4 is 35.1 Å². The Morgan fingerprint density at radius 2 is 1.86 bits per heavy atom. The van der Waals surface area contributed by atoms with Gasteiger partial charge >= 0.3 is 5.97 Å². The minimum absolute atomic E-state index is 0.203. The number of carbonyl (C=O) groups is 3. The highest BCUT2D eigenvalue weighted by Gasteiger charge is 2.22. The summed E-state index contributed by atoms with van der Waals surface area (Å²) < 4.78 is 5.03. The zero-order valence-electron chi connectivity index (χ0n) is 15.4. The van der Waals surface area contributed by atoms with Crippen molar-refractivity contribution in [2.24, 2.45) is 0 Å². The number of ether oxygens (including phenoxy) is 1. The van der Waals surface area contributed by atoms with E-state index in [9.17, 15) is 14.4 Å². The lowest BCUT2D eigenvalue weighted by atomic mass is 10.1. The summed E-state index contributed by atoms with van der Waals surface area (Å²) >= 11 is 5.83. The number of carbonyl (C=O) groups excluding carboxylic acids is 3. The predicted molar refractivity (Wildman–Crippen MR) is 107 cm³/mol. The molecular weight excluding hydrogens is 382 g/mol. The van der Waals surface area contributed by atoms with E-state index in [-0.39, 0.29) is 30.8 Å². The lowest BCUT2D eigenvalue weighted by molar-refractivity contribution is -0.147. The number of nitrogens with two attached hydrogens (primary N) is 1. The first-order chi connectivity index (χ1) is 13.4. The zero-order valence-corrected chi connectivity index (χ0v) is 16.2. The molecule has 2 aromatic rings. The molecule has 0 saturated carbocycles. The Labute approximate surface area is 168 Å². The van der Waals surface area contributed by atoms with Crippen LogP contribution in [0.2, 0.25) is 5.02 Å². The molecule has 0 aliphatic rings. The number of benzene rings is 2. The van der Waals surface area contributed by atoms with Crippen molar-refractivity contribution in [3.05, 3.63) is 64.7 Å². The second-order valence-electron chi connectivity index (χ2n) is 5.98. The first-order valence-corrected chi connectivity index (χ1v) is 9.11. The minimum atomic E-state index is -0.849. The van der Waals surface area contributed by atoms with Crippen molar-refractivity contribution < 1.29 is 19.1 Å². The van der Waals surface area contributed by atoms with Crippen molar-refractivity contribution in [2.75, 3.05) is 18.9 Å². The first-order valence-electron chi connectivity index (χ1n) is 8.73. The van der Waals surface area contributed by atoms with Gasteiger partial charge in [0.05, 0.1) is 23.9 Å². The predicted octanol–water partition coefficient (Wildman–Crippen LogP) is 1.94. The summed E-state index contributed by atoms with van der Waals surface area (Å²) in [7, 11) is 0. The van der Waals surface area contributed by atoms with Gasteiger partial charge in [0.25, 0.3) is 5.91 Å². The molecule has 4 N–H and O–H groups in total. The number of hydrogen-bond donors (Lipinski definition) is 3. The molecule has 0 aliphatic heterocycles. The fraction of sp³-hybridized carbons (Fsp3) is 0.250. The molecule has 2 aromatic carbocycles. The van der Waals surface area contributed by atoms with Crippen molar-refractivity contribution in [3.63, 3.8) is 0 Å². The maximum Gasteiger partial charge on any atom is 0.328 e. The van der Waals surface area contributed by atoms with Gasteiger partial charge < -0.3 is 21.1 Å². The van der Waals surface area contributed by atoms with Crippen molar-refractivity contribution in [3.8, 4) is 0 Å². The van der Waals surface area contributed by atoms with Crippen LogP contribution in [0.3, 0.4) is 0 Å². The Morgan fingerprint density at radius 3 is 2.50 bits per heavy atom. The molecule has 148 valence electrons. The standard InChI is InChI=1S/C20H22ClN3O4/c1-2-28-20(27)17(10-13-6-4-3-5-7-13)24-18(25)12-23-19(26)14-8-9-15(21)16(22)11-14/h3-9,11,17H,2,10,12,22H2,1H3,(H,23,26)(H,24,25). The van der Waals surface area contributed by atoms with E-state index in [0.29, 0.717) is 5.02 Å². The molecule has 0 heterocycles. The monoisotopic (exact) mass is 403 g/mol. The van der Waals surface area contributed by atoms with E-state index in [1.807, 2.05) is 30.3 Å². The second-order valence-corrected chi connectivity index (χ2v) is 6.39. The third-order valence-electron chi connectivity index (χ3n) is 3.86. The normalized spacial score (nSPS) is 11.4. The number of anilines is 1. The quantitative estimate of drug-likeness (QED) is 0.461. The number of halogens is 1. The third kappa shape index (κ3) is 6.28. The number of amides is 2. The fourth-order valence-corrected chi connectivity index (χ4v) is 2.60. The van der Waals surface area contributed by atoms with Crippen LogP contribution in [0.25, 0.3) is 0 Å². The lowest BCUT2D eigenvalue weighted by Crippen LogP contribution is -2.47. The minimum Gasteiger partial charge on any atom is -0.464 e. The van der Waals surface area contributed by atoms with E-state index in [4.69, 9.17) is 22.1 Å². The Balaban J connectivity index is 1.95. The molecule has 1 atom stereocenters. The molecule has 7 nitrogen and oxygen atoms in total. The van der Waals surface area contributed by atoms with Crippen molar-refractivity contribution in [1.29, 1.82) is 0 Å². The number of hydrogen-bond acceptors (Lipinski definition) is 5. The Kier molecular flexibility index (Phi) is 7.83. The second kappa shape index (κ2) is 10.3. The smallest absolute Gasteiger partial charge is 0.328 e. The maximum atomic E-state index is 12.2. The molecule has 1 unspecified atom stereocenters. The van der Waals surface area contributed by atoms with Crippen LogP contribution in [-0.2, 0) is 20.7 Å². The Bertz CT molecular complexity index is 843. The van der Waals surface area contributed by atoms with Crippen molar-refractivity contribution in [2.45, 2.75) is 19.4 Å². The van der Waals surface area contributed by atoms with Gasteiger partial charge in [0, 0.05) is 12.0 Å². The van der Waals surface area contributed by atoms with Crippen LogP contribution in [-0.4, -0.2) is 37.0 Å². The molecule has 0 radical (unpaired) electrons. The fourth-order valence-electron chi connectivity index (χ4n) is 2.48. The van der Waals surface area contributed by atoms with E-state index in [2.05, 4.69) is 10.6 Å². The van der Waals surface area contributed by atoms with E-state index >= 15 is 0 Å². The van der Waals surface area contributed by atoms with Gasteiger partial charge in [0.2, 0.25) is 5.91 Å². The molecule has 0 aromatic heterocycles. The highest BCUT2D eigenvalue weighted by atomic mass is 35.5. The van der Waals surface area contributed by atoms with Gasteiger partial charge in [-0.25, -0.2) is 4.79 Å². The number of nitrogens with one attached hydrogen (secondary N) is 2. The summed E-state index contributed by atoms with van der Waals surface area (Å²) in [6.45, 7) is 1.60. The van der Waals surface area contributed by atoms with Gasteiger partial charge in [0.1, 0.15) is 6.04 Å². The molecule has 0 saturated heterocycles. The molecule has 28 heavy (non-hydrogen) atoms. The number of rotatable bonds is 8. The Morgan fingerprint density at radius 1 is 1.14 bits per heavy atom. The van der Waals surface area contributed by atoms with Crippen LogP contribution in [0.15, 0.2) is 48.5 Å². The molecule has 8 heteroatoms. The average Bonchev–Trinajstić information content (AvgIpc) is 2.68. The molecule has 0 fully saturated rings. The van der Waals surface area contributed by atoms with Crippen LogP contribution in [0.5, 0.6) is 0 Å². The molecule has 2 rings (SSSR count). The lowest BCUT2D eigenvalue weighted by Gasteiger charge is -2.17. The summed E-state index contributed by atoms with van der Waals surface area (Å²) in [6, 6.07) is 12.8. The Hall–Kier alpha value is -3.06. The summed E-state index contributed by atoms with van der Waals surface area (Å²) in [4.78, 5) is 36.5. The van der Waals surface area contributed by atoms with Gasteiger partial charge in [-0.3, -0.25) is 9.59 Å². The summed E-state index contributed by atoms with van der Waals surface area (Å²) in [5.74, 6) is -1.52. The highest BCUT2D eigenvalue weighted by Crippen LogP contribution is 2.19.